The number of rotatable bonds is 0. The van der Waals surface area contributed by atoms with Crippen molar-refractivity contribution in [3.8, 4) is 0 Å². The fraction of sp³-hybridized carbons (Fsp3) is 0. The van der Waals surface area contributed by atoms with Gasteiger partial charge >= 0.3 is 0 Å². The van der Waals surface area contributed by atoms with Gasteiger partial charge in [0.1, 0.15) is 6.33 Å². The Balaban J connectivity index is 2.93. The van der Waals surface area contributed by atoms with E-state index in [0.29, 0.717) is 0 Å². The molecule has 2 rings (SSSR count). The first kappa shape index (κ1) is 6.02. The molecule has 2 aromatic rings. The van der Waals surface area contributed by atoms with Crippen molar-refractivity contribution in [2.45, 2.75) is 0 Å². The van der Waals surface area contributed by atoms with E-state index in [9.17, 15) is 0 Å². The second-order valence-electron chi connectivity index (χ2n) is 1.78. The van der Waals surface area contributed by atoms with Crippen molar-refractivity contribution in [3.63, 3.8) is 0 Å². The van der Waals surface area contributed by atoms with Crippen LogP contribution in [0.25, 0.3) is 5.65 Å². The second kappa shape index (κ2) is 2.15. The lowest BCUT2D eigenvalue weighted by molar-refractivity contribution is 1.02. The highest BCUT2D eigenvalue weighted by Gasteiger charge is 1.97. The van der Waals surface area contributed by atoms with Crippen LogP contribution in [0.3, 0.4) is 0 Å². The van der Waals surface area contributed by atoms with Crippen molar-refractivity contribution >= 4 is 28.2 Å². The average Bonchev–Trinajstić information content (AvgIpc) is 2.34. The highest BCUT2D eigenvalue weighted by atomic mass is 127. The maximum absolute atomic E-state index is 3.92. The zero-order chi connectivity index (χ0) is 6.97. The fourth-order valence-electron chi connectivity index (χ4n) is 0.719. The van der Waals surface area contributed by atoms with Gasteiger partial charge in [0, 0.05) is 34.9 Å². The van der Waals surface area contributed by atoms with Gasteiger partial charge in [0.2, 0.25) is 0 Å². The van der Waals surface area contributed by atoms with Gasteiger partial charge < -0.3 is 0 Å². The van der Waals surface area contributed by atoms with Gasteiger partial charge in [-0.2, -0.15) is 0 Å². The average molecular weight is 246 g/mol. The molecule has 0 saturated carbocycles. The molecule has 0 unspecified atom stereocenters. The number of nitrogens with zero attached hydrogens (tertiary/aromatic N) is 4. The molecule has 50 valence electrons. The molecular weight excluding hydrogens is 243 g/mol. The van der Waals surface area contributed by atoms with Gasteiger partial charge in [-0.15, -0.1) is 10.2 Å². The van der Waals surface area contributed by atoms with Crippen LogP contribution in [-0.2, 0) is 0 Å². The molecule has 5 heteroatoms. The predicted octanol–water partition coefficient (Wildman–Crippen LogP) is 0.729. The number of fused-ring (bicyclic) bond motifs is 1. The summed E-state index contributed by atoms with van der Waals surface area (Å²) in [5.41, 5.74) is 0.833. The Labute approximate surface area is 70.4 Å². The molecule has 0 saturated heterocycles. The Bertz CT molecular complexity index is 355. The summed E-state index contributed by atoms with van der Waals surface area (Å²) in [6.45, 7) is 0. The van der Waals surface area contributed by atoms with Crippen molar-refractivity contribution in [1.29, 1.82) is 0 Å². The first-order valence-corrected chi connectivity index (χ1v) is 3.76. The van der Waals surface area contributed by atoms with E-state index in [1.807, 2.05) is 10.5 Å². The normalized spacial score (nSPS) is 10.5. The monoisotopic (exact) mass is 246 g/mol. The summed E-state index contributed by atoms with van der Waals surface area (Å²) in [4.78, 5) is 3.92. The molecule has 0 bridgehead atoms. The van der Waals surface area contributed by atoms with E-state index in [2.05, 4.69) is 37.8 Å². The maximum atomic E-state index is 3.92. The lowest BCUT2D eigenvalue weighted by Gasteiger charge is -1.87. The van der Waals surface area contributed by atoms with Crippen LogP contribution in [0.1, 0.15) is 0 Å². The minimum atomic E-state index is 0.833. The number of hydrogen-bond donors (Lipinski definition) is 0. The summed E-state index contributed by atoms with van der Waals surface area (Å²) in [5, 5.41) is 7.74. The Morgan fingerprint density at radius 2 is 2.30 bits per heavy atom. The Kier molecular flexibility index (Phi) is 1.30. The Hall–Kier alpha value is -0.720. The van der Waals surface area contributed by atoms with Crippen molar-refractivity contribution in [2.24, 2.45) is 0 Å². The predicted molar refractivity (Wildman–Crippen MR) is 43.5 cm³/mol. The van der Waals surface area contributed by atoms with E-state index in [4.69, 9.17) is 0 Å². The van der Waals surface area contributed by atoms with Crippen LogP contribution in [0.4, 0.5) is 0 Å². The number of halogens is 1. The summed E-state index contributed by atoms with van der Waals surface area (Å²) in [7, 11) is 0. The van der Waals surface area contributed by atoms with Gasteiger partial charge in [-0.05, 0) is 0 Å². The molecule has 10 heavy (non-hydrogen) atoms. The summed E-state index contributed by atoms with van der Waals surface area (Å²) in [5.74, 6) is 0. The largest absolute Gasteiger partial charge is 0.261 e. The van der Waals surface area contributed by atoms with E-state index in [1.165, 1.54) is 0 Å². The summed E-state index contributed by atoms with van der Waals surface area (Å²) < 4.78 is 2.65. The molecule has 2 heterocycles. The van der Waals surface area contributed by atoms with Crippen LogP contribution in [-0.4, -0.2) is 19.6 Å². The zero-order valence-electron chi connectivity index (χ0n) is 4.90. The van der Waals surface area contributed by atoms with Crippen molar-refractivity contribution in [1.82, 2.24) is 19.6 Å². The van der Waals surface area contributed by atoms with Crippen LogP contribution in [0, 0.1) is 3.83 Å². The van der Waals surface area contributed by atoms with Crippen LogP contribution in [0.5, 0.6) is 0 Å². The van der Waals surface area contributed by atoms with Crippen LogP contribution in [0.15, 0.2) is 18.6 Å². The fourth-order valence-corrected chi connectivity index (χ4v) is 1.20. The molecule has 0 radical (unpaired) electrons. The molecular formula is C5H3IN4. The Morgan fingerprint density at radius 3 is 3.10 bits per heavy atom. The van der Waals surface area contributed by atoms with Gasteiger partial charge in [-0.3, -0.25) is 4.40 Å². The standard InChI is InChI=1S/C5H3IN4/c6-5-9-8-4-1-2-7-3-10(4)5/h1-3H. The first-order chi connectivity index (χ1) is 4.88. The molecule has 0 aliphatic heterocycles. The van der Waals surface area contributed by atoms with E-state index >= 15 is 0 Å². The highest BCUT2D eigenvalue weighted by Crippen LogP contribution is 2.02. The first-order valence-electron chi connectivity index (χ1n) is 2.68. The molecule has 0 N–H and O–H groups in total. The lowest BCUT2D eigenvalue weighted by Crippen LogP contribution is -1.87. The summed E-state index contributed by atoms with van der Waals surface area (Å²) >= 11 is 2.10. The van der Waals surface area contributed by atoms with Gasteiger partial charge in [-0.25, -0.2) is 4.98 Å². The topological polar surface area (TPSA) is 43.1 Å². The molecule has 0 aromatic carbocycles. The molecule has 0 amide bonds. The number of aromatic nitrogens is 4. The summed E-state index contributed by atoms with van der Waals surface area (Å²) in [6.07, 6.45) is 3.39. The third kappa shape index (κ3) is 0.772. The second-order valence-corrected chi connectivity index (χ2v) is 2.74. The summed E-state index contributed by atoms with van der Waals surface area (Å²) in [6, 6.07) is 1.81. The minimum Gasteiger partial charge on any atom is -0.261 e. The van der Waals surface area contributed by atoms with Crippen molar-refractivity contribution < 1.29 is 0 Å². The quantitative estimate of drug-likeness (QED) is 0.643. The zero-order valence-corrected chi connectivity index (χ0v) is 7.06. The molecule has 0 spiro atoms. The Morgan fingerprint density at radius 1 is 1.40 bits per heavy atom. The SMILES string of the molecule is Ic1nnc2ccncn12. The molecule has 0 aliphatic carbocycles. The lowest BCUT2D eigenvalue weighted by atomic mass is 10.6. The minimum absolute atomic E-state index is 0.833. The molecule has 0 fully saturated rings. The number of hydrogen-bond acceptors (Lipinski definition) is 3. The van der Waals surface area contributed by atoms with E-state index < -0.39 is 0 Å². The van der Waals surface area contributed by atoms with E-state index in [-0.39, 0.29) is 0 Å². The smallest absolute Gasteiger partial charge is 0.200 e. The van der Waals surface area contributed by atoms with Crippen LogP contribution in [0.2, 0.25) is 0 Å². The van der Waals surface area contributed by atoms with E-state index in [0.717, 1.165) is 9.48 Å². The molecule has 0 atom stereocenters. The molecule has 4 nitrogen and oxygen atoms in total. The van der Waals surface area contributed by atoms with Crippen LogP contribution >= 0.6 is 22.6 Å². The van der Waals surface area contributed by atoms with Gasteiger partial charge in [0.25, 0.3) is 0 Å². The van der Waals surface area contributed by atoms with Gasteiger partial charge in [0.05, 0.1) is 0 Å². The van der Waals surface area contributed by atoms with Gasteiger partial charge in [-0.1, -0.05) is 0 Å². The van der Waals surface area contributed by atoms with E-state index in [1.54, 1.807) is 12.5 Å². The third-order valence-electron chi connectivity index (χ3n) is 1.17. The molecule has 0 aliphatic rings. The van der Waals surface area contributed by atoms with Gasteiger partial charge in [0.15, 0.2) is 9.48 Å². The highest BCUT2D eigenvalue weighted by molar-refractivity contribution is 14.1. The van der Waals surface area contributed by atoms with Crippen LogP contribution < -0.4 is 0 Å². The maximum Gasteiger partial charge on any atom is 0.200 e. The van der Waals surface area contributed by atoms with Crippen molar-refractivity contribution in [3.05, 3.63) is 22.4 Å². The van der Waals surface area contributed by atoms with Crippen molar-refractivity contribution in [2.75, 3.05) is 0 Å². The molecule has 2 aromatic heterocycles. The third-order valence-corrected chi connectivity index (χ3v) is 1.91.